The van der Waals surface area contributed by atoms with Crippen LogP contribution in [0.4, 0.5) is 0 Å². The highest BCUT2D eigenvalue weighted by Gasteiger charge is 2.08. The number of thiazole rings is 1. The van der Waals surface area contributed by atoms with Gasteiger partial charge in [-0.25, -0.2) is 4.98 Å². The van der Waals surface area contributed by atoms with E-state index in [1.54, 1.807) is 6.92 Å². The van der Waals surface area contributed by atoms with E-state index in [1.165, 1.54) is 11.3 Å². The highest BCUT2D eigenvalue weighted by molar-refractivity contribution is 7.82. The molecule has 1 N–H and O–H groups in total. The Hall–Kier alpha value is -0.680. The Labute approximate surface area is 73.5 Å². The maximum Gasteiger partial charge on any atom is 0.308 e. The largest absolute Gasteiger partial charge is 0.481 e. The summed E-state index contributed by atoms with van der Waals surface area (Å²) in [6.45, 7) is 1.77. The highest BCUT2D eigenvalue weighted by Crippen LogP contribution is 2.20. The van der Waals surface area contributed by atoms with Crippen LogP contribution in [-0.2, 0) is 11.2 Å². The molecule has 0 atom stereocenters. The molecule has 59 valence electrons. The number of carboxylic acid groups (broad SMARTS) is 1. The van der Waals surface area contributed by atoms with E-state index in [4.69, 9.17) is 17.7 Å². The molecule has 11 heavy (non-hydrogen) atoms. The third-order valence-electron chi connectivity index (χ3n) is 1.18. The minimum absolute atomic E-state index is 0.0279. The van der Waals surface area contributed by atoms with Crippen molar-refractivity contribution in [2.45, 2.75) is 17.7 Å². The summed E-state index contributed by atoms with van der Waals surface area (Å²) in [7, 11) is 0. The summed E-state index contributed by atoms with van der Waals surface area (Å²) < 4.78 is 0.513. The van der Waals surface area contributed by atoms with Gasteiger partial charge in [-0.2, -0.15) is 0 Å². The van der Waals surface area contributed by atoms with Crippen LogP contribution >= 0.6 is 24.0 Å². The van der Waals surface area contributed by atoms with Crippen LogP contribution in [-0.4, -0.2) is 16.1 Å². The van der Waals surface area contributed by atoms with E-state index in [0.717, 1.165) is 10.6 Å². The van der Waals surface area contributed by atoms with E-state index >= 15 is 0 Å². The minimum atomic E-state index is -0.841. The predicted octanol–water partition coefficient (Wildman–Crippen LogP) is 1.64. The number of aromatic nitrogens is 1. The van der Waals surface area contributed by atoms with Crippen LogP contribution in [0.25, 0.3) is 0 Å². The average Bonchev–Trinajstić information content (AvgIpc) is 2.09. The molecule has 0 saturated carbocycles. The zero-order valence-electron chi connectivity index (χ0n) is 5.83. The van der Waals surface area contributed by atoms with Crippen molar-refractivity contribution in [3.05, 3.63) is 10.6 Å². The van der Waals surface area contributed by atoms with Gasteiger partial charge in [0.2, 0.25) is 0 Å². The molecule has 0 bridgehead atoms. The molecule has 0 aromatic carbocycles. The van der Waals surface area contributed by atoms with Crippen LogP contribution in [0.2, 0.25) is 0 Å². The molecule has 0 aliphatic carbocycles. The third-order valence-corrected chi connectivity index (χ3v) is 2.48. The number of nitrogens with zero attached hydrogens (tertiary/aromatic N) is 1. The fraction of sp³-hybridized carbons (Fsp3) is 0.333. The summed E-state index contributed by atoms with van der Waals surface area (Å²) in [4.78, 5) is 15.0. The van der Waals surface area contributed by atoms with Gasteiger partial charge in [-0.15, -0.1) is 11.3 Å². The van der Waals surface area contributed by atoms with Gasteiger partial charge in [0.25, 0.3) is 0 Å². The lowest BCUT2D eigenvalue weighted by atomic mass is 10.3. The Morgan fingerprint density at radius 2 is 2.45 bits per heavy atom. The second-order valence-electron chi connectivity index (χ2n) is 2.06. The van der Waals surface area contributed by atoms with Crippen molar-refractivity contribution in [2.24, 2.45) is 0 Å². The van der Waals surface area contributed by atoms with Gasteiger partial charge in [0.1, 0.15) is 0 Å². The molecule has 0 saturated heterocycles. The van der Waals surface area contributed by atoms with Gasteiger partial charge in [0, 0.05) is 4.88 Å². The molecule has 1 aromatic heterocycles. The van der Waals surface area contributed by atoms with E-state index in [0.29, 0.717) is 4.34 Å². The van der Waals surface area contributed by atoms with Gasteiger partial charge in [-0.3, -0.25) is 4.79 Å². The van der Waals surface area contributed by atoms with Crippen LogP contribution in [0.5, 0.6) is 0 Å². The van der Waals surface area contributed by atoms with Gasteiger partial charge in [-0.1, -0.05) is 0 Å². The molecule has 1 radical (unpaired) electrons. The molecular formula is C6H6NO2S2. The molecule has 0 spiro atoms. The first kappa shape index (κ1) is 8.42. The topological polar surface area (TPSA) is 50.2 Å². The zero-order valence-corrected chi connectivity index (χ0v) is 7.46. The molecule has 5 heteroatoms. The average molecular weight is 188 g/mol. The summed E-state index contributed by atoms with van der Waals surface area (Å²) in [6, 6.07) is 0. The third kappa shape index (κ3) is 2.13. The fourth-order valence-electron chi connectivity index (χ4n) is 0.703. The number of aliphatic carboxylic acids is 1. The van der Waals surface area contributed by atoms with E-state index in [1.807, 2.05) is 0 Å². The van der Waals surface area contributed by atoms with Crippen molar-refractivity contribution in [2.75, 3.05) is 0 Å². The first-order chi connectivity index (χ1) is 5.09. The fourth-order valence-corrected chi connectivity index (χ4v) is 1.92. The number of hydrogen-bond acceptors (Lipinski definition) is 3. The Balaban J connectivity index is 2.85. The minimum Gasteiger partial charge on any atom is -0.481 e. The van der Waals surface area contributed by atoms with Crippen molar-refractivity contribution in [1.29, 1.82) is 0 Å². The smallest absolute Gasteiger partial charge is 0.308 e. The summed E-state index contributed by atoms with van der Waals surface area (Å²) in [5.74, 6) is -0.841. The zero-order chi connectivity index (χ0) is 8.43. The maximum atomic E-state index is 10.3. The molecule has 0 aliphatic rings. The lowest BCUT2D eigenvalue weighted by molar-refractivity contribution is -0.136. The van der Waals surface area contributed by atoms with E-state index < -0.39 is 5.97 Å². The molecule has 3 nitrogen and oxygen atoms in total. The second-order valence-corrected chi connectivity index (χ2v) is 3.79. The standard InChI is InChI=1S/C6H6NO2S2/c1-3-4(2-5(8)9)11-6(10)7-3/h2H2,1H3,(H,8,9). The van der Waals surface area contributed by atoms with Crippen LogP contribution in [0.3, 0.4) is 0 Å². The molecule has 0 fully saturated rings. The lowest BCUT2D eigenvalue weighted by Crippen LogP contribution is -1.99. The van der Waals surface area contributed by atoms with Crippen LogP contribution in [0.1, 0.15) is 10.6 Å². The second kappa shape index (κ2) is 3.15. The van der Waals surface area contributed by atoms with Crippen molar-refractivity contribution in [3.63, 3.8) is 0 Å². The predicted molar refractivity (Wildman–Crippen MR) is 44.0 cm³/mol. The van der Waals surface area contributed by atoms with Gasteiger partial charge in [0.15, 0.2) is 4.34 Å². The Morgan fingerprint density at radius 1 is 1.82 bits per heavy atom. The van der Waals surface area contributed by atoms with Crippen molar-refractivity contribution in [3.8, 4) is 0 Å². The number of aryl methyl sites for hydroxylation is 1. The lowest BCUT2D eigenvalue weighted by Gasteiger charge is -1.89. The van der Waals surface area contributed by atoms with E-state index in [2.05, 4.69) is 4.98 Å². The van der Waals surface area contributed by atoms with Gasteiger partial charge in [0.05, 0.1) is 12.1 Å². The monoisotopic (exact) mass is 188 g/mol. The molecule has 0 unspecified atom stereocenters. The molecular weight excluding hydrogens is 182 g/mol. The summed E-state index contributed by atoms with van der Waals surface area (Å²) in [5, 5.41) is 8.45. The molecule has 1 aromatic rings. The first-order valence-corrected chi connectivity index (χ1v) is 4.17. The van der Waals surface area contributed by atoms with E-state index in [-0.39, 0.29) is 6.42 Å². The normalized spacial score (nSPS) is 9.91. The Kier molecular flexibility index (Phi) is 2.41. The van der Waals surface area contributed by atoms with Gasteiger partial charge in [-0.05, 0) is 19.6 Å². The van der Waals surface area contributed by atoms with Gasteiger partial charge < -0.3 is 5.11 Å². The molecule has 1 heterocycles. The van der Waals surface area contributed by atoms with Gasteiger partial charge >= 0.3 is 5.97 Å². The first-order valence-electron chi connectivity index (χ1n) is 2.94. The van der Waals surface area contributed by atoms with Crippen LogP contribution < -0.4 is 0 Å². The Bertz CT molecular complexity index is 282. The highest BCUT2D eigenvalue weighted by atomic mass is 32.2. The van der Waals surface area contributed by atoms with Crippen LogP contribution in [0, 0.1) is 6.92 Å². The van der Waals surface area contributed by atoms with Crippen molar-refractivity contribution < 1.29 is 9.90 Å². The summed E-state index contributed by atoms with van der Waals surface area (Å²) >= 11 is 6.05. The molecule has 0 amide bonds. The van der Waals surface area contributed by atoms with E-state index in [9.17, 15) is 4.79 Å². The quantitative estimate of drug-likeness (QED) is 0.767. The van der Waals surface area contributed by atoms with Crippen molar-refractivity contribution >= 4 is 29.9 Å². The van der Waals surface area contributed by atoms with Crippen LogP contribution in [0.15, 0.2) is 4.34 Å². The molecule has 0 aliphatic heterocycles. The number of rotatable bonds is 2. The SMILES string of the molecule is Cc1nc([S])sc1CC(=O)O. The van der Waals surface area contributed by atoms with Crippen molar-refractivity contribution in [1.82, 2.24) is 4.98 Å². The maximum absolute atomic E-state index is 10.3. The number of carbonyl (C=O) groups is 1. The number of hydrogen-bond donors (Lipinski definition) is 1. The summed E-state index contributed by atoms with van der Waals surface area (Å²) in [6.07, 6.45) is 0.0279. The molecule has 1 rings (SSSR count). The summed E-state index contributed by atoms with van der Waals surface area (Å²) in [5.41, 5.74) is 0.738. The number of carboxylic acids is 1. The Morgan fingerprint density at radius 3 is 2.82 bits per heavy atom.